The maximum Gasteiger partial charge on any atom is 0.248 e. The minimum Gasteiger partial charge on any atom is -0.330 e. The van der Waals surface area contributed by atoms with Crippen LogP contribution in [0.4, 0.5) is 8.78 Å². The molecule has 1 aromatic heterocycles. The fourth-order valence-electron chi connectivity index (χ4n) is 8.79. The van der Waals surface area contributed by atoms with Crippen LogP contribution in [0.2, 0.25) is 0 Å². The number of alkyl halides is 2. The zero-order valence-corrected chi connectivity index (χ0v) is 26.9. The van der Waals surface area contributed by atoms with Gasteiger partial charge in [0.25, 0.3) is 0 Å². The Balaban J connectivity index is 1.13. The van der Waals surface area contributed by atoms with Crippen molar-refractivity contribution in [2.45, 2.75) is 119 Å². The zero-order valence-electron chi connectivity index (χ0n) is 26.9. The minimum atomic E-state index is -2.61. The van der Waals surface area contributed by atoms with E-state index in [-0.39, 0.29) is 30.5 Å². The molecule has 1 aromatic carbocycles. The quantitative estimate of drug-likeness (QED) is 0.243. The predicted molar refractivity (Wildman–Crippen MR) is 175 cm³/mol. The first-order valence-corrected chi connectivity index (χ1v) is 17.7. The van der Waals surface area contributed by atoms with E-state index in [0.717, 1.165) is 64.8 Å². The number of nitrogens with one attached hydrogen (secondary N) is 1. The van der Waals surface area contributed by atoms with Crippen LogP contribution in [-0.2, 0) is 11.2 Å². The highest BCUT2D eigenvalue weighted by molar-refractivity contribution is 5.82. The number of benzene rings is 1. The van der Waals surface area contributed by atoms with Gasteiger partial charge in [0.2, 0.25) is 5.92 Å². The topological polar surface area (TPSA) is 74.5 Å². The number of pyridine rings is 1. The van der Waals surface area contributed by atoms with Gasteiger partial charge in [-0.05, 0) is 107 Å². The summed E-state index contributed by atoms with van der Waals surface area (Å²) in [5.41, 5.74) is 9.77. The van der Waals surface area contributed by atoms with Crippen LogP contribution in [0, 0.1) is 5.92 Å². The van der Waals surface area contributed by atoms with Crippen LogP contribution in [0.5, 0.6) is 0 Å². The molecule has 2 bridgehead atoms. The number of carbonyl (C=O) groups excluding carboxylic acids is 1. The largest absolute Gasteiger partial charge is 0.330 e. The van der Waals surface area contributed by atoms with E-state index in [1.165, 1.54) is 36.1 Å². The van der Waals surface area contributed by atoms with Gasteiger partial charge in [-0.25, -0.2) is 8.78 Å². The summed E-state index contributed by atoms with van der Waals surface area (Å²) < 4.78 is 27.6. The Morgan fingerprint density at radius 1 is 1.07 bits per heavy atom. The molecule has 1 unspecified atom stereocenters. The number of Topliss-reactive ketones (excluding diaryl/α,β-unsaturated/α-hetero) is 1. The van der Waals surface area contributed by atoms with E-state index < -0.39 is 5.92 Å². The third-order valence-corrected chi connectivity index (χ3v) is 11.3. The molecular formula is C37H53F2N5O. The molecule has 4 aliphatic rings. The maximum atomic E-state index is 13.8. The Bertz CT molecular complexity index is 1230. The molecule has 2 saturated heterocycles. The minimum absolute atomic E-state index is 0.117. The molecule has 1 saturated carbocycles. The number of ketones is 1. The summed E-state index contributed by atoms with van der Waals surface area (Å²) in [7, 11) is 0. The number of hydrogen-bond donors (Lipinski definition) is 2. The Morgan fingerprint density at radius 3 is 2.69 bits per heavy atom. The summed E-state index contributed by atoms with van der Waals surface area (Å²) in [6.07, 6.45) is 11.7. The number of hydrogen-bond acceptors (Lipinski definition) is 6. The molecule has 8 heteroatoms. The van der Waals surface area contributed by atoms with Gasteiger partial charge in [-0.3, -0.25) is 19.6 Å². The number of halogens is 2. The second-order valence-electron chi connectivity index (χ2n) is 14.2. The highest BCUT2D eigenvalue weighted by atomic mass is 19.3. The summed E-state index contributed by atoms with van der Waals surface area (Å²) in [5.74, 6) is -2.54. The molecule has 0 amide bonds. The van der Waals surface area contributed by atoms with Crippen LogP contribution in [0.3, 0.4) is 0 Å². The van der Waals surface area contributed by atoms with E-state index in [9.17, 15) is 13.6 Å². The summed E-state index contributed by atoms with van der Waals surface area (Å²) in [4.78, 5) is 23.7. The Hall–Kier alpha value is -2.26. The van der Waals surface area contributed by atoms with Crippen molar-refractivity contribution < 1.29 is 13.6 Å². The van der Waals surface area contributed by atoms with Crippen molar-refractivity contribution in [2.24, 2.45) is 11.7 Å². The highest BCUT2D eigenvalue weighted by Crippen LogP contribution is 2.39. The van der Waals surface area contributed by atoms with Crippen LogP contribution in [0.25, 0.3) is 0 Å². The molecule has 0 spiro atoms. The van der Waals surface area contributed by atoms with Gasteiger partial charge < -0.3 is 11.1 Å². The molecule has 3 N–H and O–H groups in total. The smallest absolute Gasteiger partial charge is 0.248 e. The Labute approximate surface area is 268 Å². The van der Waals surface area contributed by atoms with E-state index in [1.54, 1.807) is 0 Å². The van der Waals surface area contributed by atoms with E-state index in [0.29, 0.717) is 43.4 Å². The monoisotopic (exact) mass is 621 g/mol. The third-order valence-electron chi connectivity index (χ3n) is 11.3. The molecular weight excluding hydrogens is 568 g/mol. The van der Waals surface area contributed by atoms with Crippen molar-refractivity contribution in [1.29, 1.82) is 0 Å². The molecule has 6 nitrogen and oxygen atoms in total. The molecule has 3 heterocycles. The van der Waals surface area contributed by atoms with Gasteiger partial charge in [0, 0.05) is 62.6 Å². The number of unbranched alkanes of at least 4 members (excludes halogenated alkanes) is 1. The van der Waals surface area contributed by atoms with Gasteiger partial charge in [0.15, 0.2) is 0 Å². The number of carbonyl (C=O) groups is 1. The Morgan fingerprint density at radius 2 is 1.89 bits per heavy atom. The van der Waals surface area contributed by atoms with Crippen molar-refractivity contribution in [2.75, 3.05) is 32.7 Å². The molecule has 45 heavy (non-hydrogen) atoms. The average Bonchev–Trinajstić information content (AvgIpc) is 3.35. The molecule has 3 fully saturated rings. The third kappa shape index (κ3) is 8.01. The van der Waals surface area contributed by atoms with Crippen molar-refractivity contribution in [3.8, 4) is 0 Å². The lowest BCUT2D eigenvalue weighted by Gasteiger charge is -2.45. The van der Waals surface area contributed by atoms with Gasteiger partial charge in [0.05, 0.1) is 11.7 Å². The maximum absolute atomic E-state index is 13.8. The number of piperazine rings is 1. The zero-order chi connectivity index (χ0) is 31.2. The lowest BCUT2D eigenvalue weighted by molar-refractivity contribution is -0.127. The lowest BCUT2D eigenvalue weighted by Crippen LogP contribution is -2.61. The van der Waals surface area contributed by atoms with Crippen LogP contribution < -0.4 is 11.1 Å². The molecule has 2 aliphatic carbocycles. The number of nitrogens with zero attached hydrogens (tertiary/aromatic N) is 3. The SMILES string of the molecule is NCCCCN(C[C@H]1NC[C@@H]2CC[C@H]1N2CC[C@@H](CC(=O)C1CCC(F)(F)CC1)c1ccccc1)C1CCCc2cccnc21. The molecule has 6 rings (SSSR count). The first-order chi connectivity index (χ1) is 21.9. The van der Waals surface area contributed by atoms with E-state index >= 15 is 0 Å². The Kier molecular flexibility index (Phi) is 11.0. The van der Waals surface area contributed by atoms with E-state index in [2.05, 4.69) is 51.5 Å². The summed E-state index contributed by atoms with van der Waals surface area (Å²) in [6.45, 7) is 4.74. The molecule has 2 aliphatic heterocycles. The second kappa shape index (κ2) is 15.1. The van der Waals surface area contributed by atoms with Gasteiger partial charge >= 0.3 is 0 Å². The fourth-order valence-corrected chi connectivity index (χ4v) is 8.79. The number of nitrogens with two attached hydrogens (primary N) is 1. The molecule has 0 radical (unpaired) electrons. The van der Waals surface area contributed by atoms with Crippen LogP contribution >= 0.6 is 0 Å². The predicted octanol–water partition coefficient (Wildman–Crippen LogP) is 6.26. The summed E-state index contributed by atoms with van der Waals surface area (Å²) >= 11 is 0. The van der Waals surface area contributed by atoms with Crippen LogP contribution in [0.15, 0.2) is 48.7 Å². The van der Waals surface area contributed by atoms with Gasteiger partial charge in [-0.1, -0.05) is 36.4 Å². The first kappa shape index (κ1) is 32.7. The van der Waals surface area contributed by atoms with Crippen LogP contribution in [-0.4, -0.2) is 77.3 Å². The lowest BCUT2D eigenvalue weighted by atomic mass is 9.79. The number of aryl methyl sites for hydroxylation is 1. The number of rotatable bonds is 14. The summed E-state index contributed by atoms with van der Waals surface area (Å²) in [6, 6.07) is 16.5. The highest BCUT2D eigenvalue weighted by Gasteiger charge is 2.44. The standard InChI is InChI=1S/C37H53F2N5O/c38-37(39)18-15-28(16-19-37)35(45)24-30(27-8-2-1-3-9-27)17-23-44-31-13-14-33(44)32(42-25-31)26-43(22-5-4-20-40)34-12-6-10-29-11-7-21-41-36(29)34/h1-3,7-9,11,21,28,30-34,42H,4-6,10,12-20,22-26,40H2/t30-,31-,32+,33+,34?/m0/s1. The van der Waals surface area contributed by atoms with Gasteiger partial charge in [0.1, 0.15) is 5.78 Å². The number of aromatic nitrogens is 1. The molecule has 5 atom stereocenters. The van der Waals surface area contributed by atoms with E-state index in [4.69, 9.17) is 10.7 Å². The van der Waals surface area contributed by atoms with Crippen molar-refractivity contribution in [3.63, 3.8) is 0 Å². The van der Waals surface area contributed by atoms with E-state index in [1.807, 2.05) is 12.3 Å². The number of fused-ring (bicyclic) bond motifs is 3. The second-order valence-corrected chi connectivity index (χ2v) is 14.2. The first-order valence-electron chi connectivity index (χ1n) is 17.7. The van der Waals surface area contributed by atoms with Crippen molar-refractivity contribution in [3.05, 3.63) is 65.5 Å². The molecule has 246 valence electrons. The van der Waals surface area contributed by atoms with Gasteiger partial charge in [-0.15, -0.1) is 0 Å². The van der Waals surface area contributed by atoms with Crippen molar-refractivity contribution in [1.82, 2.24) is 20.1 Å². The van der Waals surface area contributed by atoms with Crippen LogP contribution in [0.1, 0.15) is 106 Å². The molecule has 2 aromatic rings. The van der Waals surface area contributed by atoms with Gasteiger partial charge in [-0.2, -0.15) is 0 Å². The van der Waals surface area contributed by atoms with Crippen molar-refractivity contribution >= 4 is 5.78 Å². The summed E-state index contributed by atoms with van der Waals surface area (Å²) in [5, 5.41) is 3.95. The fraction of sp³-hybridized carbons (Fsp3) is 0.676. The normalized spacial score (nSPS) is 27.4. The average molecular weight is 622 g/mol.